The normalized spacial score (nSPS) is 9.87. The predicted molar refractivity (Wildman–Crippen MR) is 86.2 cm³/mol. The van der Waals surface area contributed by atoms with Gasteiger partial charge in [0.15, 0.2) is 5.69 Å². The van der Waals surface area contributed by atoms with Crippen molar-refractivity contribution in [2.45, 2.75) is 5.16 Å². The topological polar surface area (TPSA) is 80.7 Å². The van der Waals surface area contributed by atoms with E-state index in [9.17, 15) is 0 Å². The molecule has 0 saturated carbocycles. The van der Waals surface area contributed by atoms with E-state index in [2.05, 4.69) is 10.3 Å². The largest absolute Gasteiger partial charge is 0.762 e. The van der Waals surface area contributed by atoms with Gasteiger partial charge >= 0.3 is 5.16 Å². The van der Waals surface area contributed by atoms with Crippen molar-refractivity contribution in [2.75, 3.05) is 0 Å². The van der Waals surface area contributed by atoms with Gasteiger partial charge in [0.1, 0.15) is 16.7 Å². The van der Waals surface area contributed by atoms with Crippen LogP contribution in [-0.2, 0) is 0 Å². The highest BCUT2D eigenvalue weighted by molar-refractivity contribution is 8.03. The number of allylic oxidation sites excluding steroid dienone is 1. The smallest absolute Gasteiger partial charge is 0.369 e. The SMILES string of the molecule is N#CC(=C=[N-])Sc1nn(-c2ccccc2)n[n+]1-c1ccccc1. The van der Waals surface area contributed by atoms with Crippen molar-refractivity contribution in [3.63, 3.8) is 0 Å². The molecule has 23 heavy (non-hydrogen) atoms. The molecule has 6 nitrogen and oxygen atoms in total. The lowest BCUT2D eigenvalue weighted by Gasteiger charge is -1.95. The number of nitrogens with zero attached hydrogens (tertiary/aromatic N) is 6. The van der Waals surface area contributed by atoms with Crippen LogP contribution in [0.4, 0.5) is 0 Å². The minimum absolute atomic E-state index is 0.00907. The third-order valence-corrected chi connectivity index (χ3v) is 3.74. The highest BCUT2D eigenvalue weighted by Gasteiger charge is 2.23. The Morgan fingerprint density at radius 1 is 1.09 bits per heavy atom. The van der Waals surface area contributed by atoms with E-state index in [1.807, 2.05) is 72.6 Å². The molecule has 0 aliphatic rings. The molecule has 0 spiro atoms. The summed E-state index contributed by atoms with van der Waals surface area (Å²) >= 11 is 0.989. The van der Waals surface area contributed by atoms with Crippen LogP contribution >= 0.6 is 11.8 Å². The first kappa shape index (κ1) is 14.7. The van der Waals surface area contributed by atoms with Crippen LogP contribution < -0.4 is 4.68 Å². The second-order valence-electron chi connectivity index (χ2n) is 4.40. The van der Waals surface area contributed by atoms with E-state index in [1.165, 1.54) is 4.80 Å². The van der Waals surface area contributed by atoms with Gasteiger partial charge in [0.05, 0.1) is 10.3 Å². The fraction of sp³-hybridized carbons (Fsp3) is 0. The van der Waals surface area contributed by atoms with Crippen molar-refractivity contribution in [3.05, 3.63) is 71.0 Å². The molecule has 1 heterocycles. The van der Waals surface area contributed by atoms with Crippen LogP contribution in [0.25, 0.3) is 16.8 Å². The summed E-state index contributed by atoms with van der Waals surface area (Å²) < 4.78 is 1.60. The second-order valence-corrected chi connectivity index (χ2v) is 5.38. The molecule has 0 saturated heterocycles. The molecule has 0 unspecified atom stereocenters. The quantitative estimate of drug-likeness (QED) is 0.320. The van der Waals surface area contributed by atoms with Gasteiger partial charge < -0.3 is 5.41 Å². The van der Waals surface area contributed by atoms with Crippen molar-refractivity contribution < 1.29 is 4.68 Å². The molecule has 2 aromatic carbocycles. The summed E-state index contributed by atoms with van der Waals surface area (Å²) in [5, 5.41) is 27.2. The number of thioether (sulfide) groups is 1. The van der Waals surface area contributed by atoms with E-state index in [0.717, 1.165) is 23.1 Å². The lowest BCUT2D eigenvalue weighted by Crippen LogP contribution is -2.35. The van der Waals surface area contributed by atoms with Crippen LogP contribution in [0.1, 0.15) is 0 Å². The Balaban J connectivity index is 2.11. The summed E-state index contributed by atoms with van der Waals surface area (Å²) in [4.78, 5) is 1.48. The Morgan fingerprint density at radius 3 is 2.35 bits per heavy atom. The summed E-state index contributed by atoms with van der Waals surface area (Å²) in [5.74, 6) is 1.86. The zero-order valence-electron chi connectivity index (χ0n) is 11.9. The zero-order chi connectivity index (χ0) is 16.1. The van der Waals surface area contributed by atoms with Crippen molar-refractivity contribution in [3.8, 4) is 17.4 Å². The van der Waals surface area contributed by atoms with Crippen molar-refractivity contribution in [2.24, 2.45) is 0 Å². The highest BCUT2D eigenvalue weighted by atomic mass is 32.2. The van der Waals surface area contributed by atoms with Crippen LogP contribution in [0.15, 0.2) is 70.7 Å². The Kier molecular flexibility index (Phi) is 4.29. The van der Waals surface area contributed by atoms with Crippen molar-refractivity contribution in [1.29, 1.82) is 5.26 Å². The molecule has 0 atom stereocenters. The maximum absolute atomic E-state index is 8.98. The maximum atomic E-state index is 8.98. The Morgan fingerprint density at radius 2 is 1.74 bits per heavy atom. The molecule has 0 aliphatic carbocycles. The number of benzene rings is 2. The molecule has 3 rings (SSSR count). The highest BCUT2D eigenvalue weighted by Crippen LogP contribution is 2.20. The van der Waals surface area contributed by atoms with E-state index in [-0.39, 0.29) is 4.91 Å². The molecule has 3 aromatic rings. The van der Waals surface area contributed by atoms with Gasteiger partial charge in [-0.25, -0.2) is 5.87 Å². The van der Waals surface area contributed by atoms with Gasteiger partial charge in [-0.3, -0.25) is 0 Å². The van der Waals surface area contributed by atoms with Crippen LogP contribution in [-0.4, -0.2) is 21.0 Å². The van der Waals surface area contributed by atoms with Crippen LogP contribution in [0.3, 0.4) is 0 Å². The van der Waals surface area contributed by atoms with Gasteiger partial charge in [0.25, 0.3) is 0 Å². The van der Waals surface area contributed by atoms with E-state index < -0.39 is 0 Å². The molecule has 0 N–H and O–H groups in total. The number of aromatic nitrogens is 4. The van der Waals surface area contributed by atoms with E-state index in [4.69, 9.17) is 10.7 Å². The van der Waals surface area contributed by atoms with Gasteiger partial charge in [-0.1, -0.05) is 41.1 Å². The first-order chi connectivity index (χ1) is 11.3. The van der Waals surface area contributed by atoms with E-state index in [1.54, 1.807) is 4.68 Å². The molecule has 1 aromatic heterocycles. The molecule has 0 fully saturated rings. The number of rotatable bonds is 4. The first-order valence-corrected chi connectivity index (χ1v) is 7.49. The average molecular weight is 318 g/mol. The maximum Gasteiger partial charge on any atom is 0.369 e. The van der Waals surface area contributed by atoms with Gasteiger partial charge in [0, 0.05) is 16.6 Å². The number of hydrogen-bond acceptors (Lipinski definition) is 4. The van der Waals surface area contributed by atoms with Crippen molar-refractivity contribution >= 4 is 17.6 Å². The number of nitriles is 1. The van der Waals surface area contributed by atoms with Crippen LogP contribution in [0.2, 0.25) is 0 Å². The van der Waals surface area contributed by atoms with Crippen LogP contribution in [0.5, 0.6) is 0 Å². The molecule has 0 amide bonds. The lowest BCUT2D eigenvalue weighted by atomic mass is 10.3. The molecule has 110 valence electrons. The second kappa shape index (κ2) is 6.71. The molecular weight excluding hydrogens is 308 g/mol. The summed E-state index contributed by atoms with van der Waals surface area (Å²) in [5.41, 5.74) is 1.59. The number of tetrazole rings is 1. The van der Waals surface area contributed by atoms with Gasteiger partial charge in [0.2, 0.25) is 0 Å². The van der Waals surface area contributed by atoms with E-state index >= 15 is 0 Å². The molecular formula is C16H10N6S. The third-order valence-electron chi connectivity index (χ3n) is 2.92. The van der Waals surface area contributed by atoms with Crippen molar-refractivity contribution in [1.82, 2.24) is 15.1 Å². The molecule has 0 aliphatic heterocycles. The first-order valence-electron chi connectivity index (χ1n) is 6.67. The monoisotopic (exact) mass is 318 g/mol. The fourth-order valence-electron chi connectivity index (χ4n) is 1.89. The van der Waals surface area contributed by atoms with E-state index in [0.29, 0.717) is 5.16 Å². The Bertz CT molecular complexity index is 905. The van der Waals surface area contributed by atoms with Crippen LogP contribution in [0, 0.1) is 11.3 Å². The fourth-order valence-corrected chi connectivity index (χ4v) is 2.51. The Hall–Kier alpha value is -3.20. The van der Waals surface area contributed by atoms with Gasteiger partial charge in [-0.15, -0.1) is 0 Å². The van der Waals surface area contributed by atoms with Gasteiger partial charge in [-0.2, -0.15) is 5.26 Å². The molecule has 0 radical (unpaired) electrons. The summed E-state index contributed by atoms with van der Waals surface area (Å²) in [7, 11) is 0. The Labute approximate surface area is 136 Å². The third kappa shape index (κ3) is 3.19. The van der Waals surface area contributed by atoms with Gasteiger partial charge in [-0.05, 0) is 24.3 Å². The number of hydrogen-bond donors (Lipinski definition) is 0. The minimum atomic E-state index is 0.00907. The summed E-state index contributed by atoms with van der Waals surface area (Å²) in [6, 6.07) is 20.7. The minimum Gasteiger partial charge on any atom is -0.762 e. The molecule has 0 bridgehead atoms. The summed E-state index contributed by atoms with van der Waals surface area (Å²) in [6.45, 7) is 0. The number of para-hydroxylation sites is 2. The summed E-state index contributed by atoms with van der Waals surface area (Å²) in [6.07, 6.45) is 0. The average Bonchev–Trinajstić information content (AvgIpc) is 3.05. The zero-order valence-corrected chi connectivity index (χ0v) is 12.7. The standard InChI is InChI=1S/C16H10N6S/c17-11-15(12-18)23-16-19-22(14-9-5-2-6-10-14)20-21(16)13-7-3-1-4-8-13/h1-10H. The lowest BCUT2D eigenvalue weighted by molar-refractivity contribution is -0.698. The predicted octanol–water partition coefficient (Wildman–Crippen LogP) is 2.28. The molecule has 7 heteroatoms.